The monoisotopic (exact) mass is 532 g/mol. The summed E-state index contributed by atoms with van der Waals surface area (Å²) >= 11 is -2.66. The highest BCUT2D eigenvalue weighted by atomic mass is 32.2. The molecule has 1 aliphatic rings. The van der Waals surface area contributed by atoms with E-state index in [0.29, 0.717) is 38.2 Å². The minimum atomic E-state index is -2.66. The number of carboxylic acids is 1. The molecule has 9 heteroatoms. The van der Waals surface area contributed by atoms with Crippen LogP contribution >= 0.6 is 0 Å². The number of ketones is 1. The van der Waals surface area contributed by atoms with E-state index in [0.717, 1.165) is 32.0 Å². The molecule has 3 aromatic carbocycles. The Morgan fingerprint density at radius 3 is 2.29 bits per heavy atom. The first-order valence-electron chi connectivity index (χ1n) is 12.6. The van der Waals surface area contributed by atoms with Crippen molar-refractivity contribution in [2.45, 2.75) is 32.7 Å². The van der Waals surface area contributed by atoms with Crippen LogP contribution < -0.4 is 4.90 Å². The normalized spacial score (nSPS) is 15.6. The van der Waals surface area contributed by atoms with Gasteiger partial charge in [0.25, 0.3) is 0 Å². The third-order valence-electron chi connectivity index (χ3n) is 6.65. The quantitative estimate of drug-likeness (QED) is 0.267. The van der Waals surface area contributed by atoms with Crippen LogP contribution in [0.1, 0.15) is 48.2 Å². The number of piperazine rings is 1. The van der Waals surface area contributed by atoms with E-state index < -0.39 is 23.3 Å². The maximum atomic E-state index is 12.0. The van der Waals surface area contributed by atoms with E-state index in [1.54, 1.807) is 11.9 Å². The van der Waals surface area contributed by atoms with Crippen LogP contribution in [-0.4, -0.2) is 67.3 Å². The molecule has 1 aliphatic heterocycles. The summed E-state index contributed by atoms with van der Waals surface area (Å²) in [7, 11) is 0. The number of hydrogen-bond acceptors (Lipinski definition) is 6. The summed E-state index contributed by atoms with van der Waals surface area (Å²) in [5.41, 5.74) is 3.35. The lowest BCUT2D eigenvalue weighted by molar-refractivity contribution is -0.147. The summed E-state index contributed by atoms with van der Waals surface area (Å²) in [6.07, 6.45) is 0.823. The SMILES string of the molecule is CCCC(C(=O)O)N(N1CCN(c2ccc(C#Cc3ccc4cccc(C(C)=O)c4c3)cc2)CC1)S(=O)[O-]. The van der Waals surface area contributed by atoms with Crippen LogP contribution in [-0.2, 0) is 16.1 Å². The molecule has 0 aliphatic carbocycles. The van der Waals surface area contributed by atoms with Crippen LogP contribution in [0.15, 0.2) is 60.7 Å². The number of carbonyl (C=O) groups excluding carboxylic acids is 1. The number of carboxylic acid groups (broad SMARTS) is 1. The summed E-state index contributed by atoms with van der Waals surface area (Å²) in [6.45, 7) is 5.31. The van der Waals surface area contributed by atoms with Gasteiger partial charge in [0.1, 0.15) is 6.04 Å². The van der Waals surface area contributed by atoms with Crippen molar-refractivity contribution in [2.24, 2.45) is 0 Å². The molecule has 1 saturated heterocycles. The molecule has 1 fully saturated rings. The summed E-state index contributed by atoms with van der Waals surface area (Å²) in [5.74, 6) is 5.25. The molecular formula is C29H30N3O5S-. The predicted octanol–water partition coefficient (Wildman–Crippen LogP) is 3.83. The average molecular weight is 533 g/mol. The number of fused-ring (bicyclic) bond motifs is 1. The predicted molar refractivity (Wildman–Crippen MR) is 147 cm³/mol. The minimum absolute atomic E-state index is 0.0220. The van der Waals surface area contributed by atoms with Gasteiger partial charge in [0.2, 0.25) is 0 Å². The van der Waals surface area contributed by atoms with Crippen LogP contribution in [0.5, 0.6) is 0 Å². The Morgan fingerprint density at radius 2 is 1.68 bits per heavy atom. The lowest BCUT2D eigenvalue weighted by atomic mass is 10.00. The second kappa shape index (κ2) is 12.3. The smallest absolute Gasteiger partial charge is 0.323 e. The molecule has 0 bridgehead atoms. The second-order valence-electron chi connectivity index (χ2n) is 9.20. The Hall–Kier alpha value is -3.55. The fraction of sp³-hybridized carbons (Fsp3) is 0.310. The molecule has 0 spiro atoms. The van der Waals surface area contributed by atoms with Gasteiger partial charge in [-0.1, -0.05) is 49.5 Å². The summed E-state index contributed by atoms with van der Waals surface area (Å²) < 4.78 is 24.7. The number of benzene rings is 3. The molecule has 0 amide bonds. The van der Waals surface area contributed by atoms with Crippen molar-refractivity contribution in [3.63, 3.8) is 0 Å². The first-order valence-corrected chi connectivity index (χ1v) is 13.6. The number of nitrogens with zero attached hydrogens (tertiary/aromatic N) is 3. The van der Waals surface area contributed by atoms with Crippen molar-refractivity contribution >= 4 is 39.5 Å². The lowest BCUT2D eigenvalue weighted by Gasteiger charge is -2.44. The minimum Gasteiger partial charge on any atom is -0.759 e. The maximum absolute atomic E-state index is 12.0. The molecule has 2 atom stereocenters. The van der Waals surface area contributed by atoms with E-state index >= 15 is 0 Å². The first-order chi connectivity index (χ1) is 18.3. The Morgan fingerprint density at radius 1 is 1.03 bits per heavy atom. The van der Waals surface area contributed by atoms with Gasteiger partial charge in [0, 0.05) is 59.8 Å². The lowest BCUT2D eigenvalue weighted by Crippen LogP contribution is -2.58. The Balaban J connectivity index is 1.43. The molecule has 0 saturated carbocycles. The van der Waals surface area contributed by atoms with Crippen LogP contribution in [0.3, 0.4) is 0 Å². The van der Waals surface area contributed by atoms with E-state index in [1.807, 2.05) is 67.6 Å². The highest BCUT2D eigenvalue weighted by molar-refractivity contribution is 7.76. The largest absolute Gasteiger partial charge is 0.759 e. The highest BCUT2D eigenvalue weighted by Gasteiger charge is 2.32. The number of hydrazine groups is 1. The van der Waals surface area contributed by atoms with E-state index in [2.05, 4.69) is 16.7 Å². The molecule has 0 radical (unpaired) electrons. The number of aliphatic carboxylic acids is 1. The fourth-order valence-corrected chi connectivity index (χ4v) is 5.46. The average Bonchev–Trinajstić information content (AvgIpc) is 2.91. The van der Waals surface area contributed by atoms with Crippen molar-refractivity contribution in [3.8, 4) is 11.8 Å². The molecule has 38 heavy (non-hydrogen) atoms. The van der Waals surface area contributed by atoms with Gasteiger partial charge in [0.15, 0.2) is 5.78 Å². The molecular weight excluding hydrogens is 502 g/mol. The van der Waals surface area contributed by atoms with Gasteiger partial charge in [-0.2, -0.15) is 4.41 Å². The number of rotatable bonds is 8. The van der Waals surface area contributed by atoms with Gasteiger partial charge >= 0.3 is 5.97 Å². The molecule has 1 N–H and O–H groups in total. The van der Waals surface area contributed by atoms with Crippen LogP contribution in [0.25, 0.3) is 10.8 Å². The maximum Gasteiger partial charge on any atom is 0.323 e. The summed E-state index contributed by atoms with van der Waals surface area (Å²) in [6, 6.07) is 18.3. The zero-order valence-electron chi connectivity index (χ0n) is 21.4. The van der Waals surface area contributed by atoms with Crippen LogP contribution in [0.2, 0.25) is 0 Å². The number of Topliss-reactive ketones (excluding diaryl/α,β-unsaturated/α-hetero) is 1. The van der Waals surface area contributed by atoms with Crippen LogP contribution in [0, 0.1) is 11.8 Å². The van der Waals surface area contributed by atoms with Gasteiger partial charge in [-0.25, -0.2) is 5.01 Å². The molecule has 1 heterocycles. The number of anilines is 1. The molecule has 3 aromatic rings. The second-order valence-corrected chi connectivity index (χ2v) is 10.0. The van der Waals surface area contributed by atoms with Crippen molar-refractivity contribution in [1.29, 1.82) is 0 Å². The fourth-order valence-electron chi connectivity index (χ4n) is 4.71. The Kier molecular flexibility index (Phi) is 8.92. The zero-order valence-corrected chi connectivity index (χ0v) is 22.2. The third-order valence-corrected chi connectivity index (χ3v) is 7.44. The first kappa shape index (κ1) is 27.5. The van der Waals surface area contributed by atoms with Crippen molar-refractivity contribution < 1.29 is 23.5 Å². The van der Waals surface area contributed by atoms with Crippen molar-refractivity contribution in [2.75, 3.05) is 31.1 Å². The third kappa shape index (κ3) is 6.29. The highest BCUT2D eigenvalue weighted by Crippen LogP contribution is 2.22. The molecule has 2 unspecified atom stereocenters. The van der Waals surface area contributed by atoms with Crippen molar-refractivity contribution in [3.05, 3.63) is 77.4 Å². The Labute approximate surface area is 225 Å². The van der Waals surface area contributed by atoms with Gasteiger partial charge in [-0.3, -0.25) is 13.8 Å². The van der Waals surface area contributed by atoms with E-state index in [-0.39, 0.29) is 12.2 Å². The zero-order chi connectivity index (χ0) is 27.2. The van der Waals surface area contributed by atoms with Gasteiger partial charge in [0.05, 0.1) is 0 Å². The van der Waals surface area contributed by atoms with E-state index in [9.17, 15) is 23.5 Å². The van der Waals surface area contributed by atoms with E-state index in [4.69, 9.17) is 0 Å². The van der Waals surface area contributed by atoms with Gasteiger partial charge in [-0.15, -0.1) is 0 Å². The standard InChI is InChI=1S/C29H31N3O5S/c1-3-5-28(29(34)35)32(38(36)37)31-18-16-30(17-19-31)25-14-11-22(12-15-25)8-9-23-10-13-24-6-4-7-26(21(2)33)27(24)20-23/h4,6-7,10-15,20,28H,3,5,16-19H2,1-2H3,(H,34,35)(H,36,37)/p-1. The molecule has 4 rings (SSSR count). The van der Waals surface area contributed by atoms with Crippen LogP contribution in [0.4, 0.5) is 5.69 Å². The number of carbonyl (C=O) groups is 2. The van der Waals surface area contributed by atoms with E-state index in [1.165, 1.54) is 0 Å². The topological polar surface area (TPSA) is 104 Å². The number of hydrogen-bond donors (Lipinski definition) is 1. The molecule has 0 aromatic heterocycles. The molecule has 8 nitrogen and oxygen atoms in total. The van der Waals surface area contributed by atoms with Gasteiger partial charge in [-0.05, 0) is 60.5 Å². The van der Waals surface area contributed by atoms with Crippen molar-refractivity contribution in [1.82, 2.24) is 9.42 Å². The Bertz CT molecular complexity index is 1410. The van der Waals surface area contributed by atoms with Gasteiger partial charge < -0.3 is 14.6 Å². The summed E-state index contributed by atoms with van der Waals surface area (Å²) in [5, 5.41) is 13.0. The molecule has 198 valence electrons. The summed E-state index contributed by atoms with van der Waals surface area (Å²) in [4.78, 5) is 25.8.